The van der Waals surface area contributed by atoms with Gasteiger partial charge in [0.05, 0.1) is 32.0 Å². The molecule has 1 heterocycles. The molecule has 0 saturated carbocycles. The largest absolute Gasteiger partial charge is 0.491 e. The highest BCUT2D eigenvalue weighted by molar-refractivity contribution is 5.87. The van der Waals surface area contributed by atoms with Crippen molar-refractivity contribution in [2.45, 2.75) is 46.0 Å². The van der Waals surface area contributed by atoms with Crippen molar-refractivity contribution in [3.63, 3.8) is 0 Å². The number of hydrogen-bond donors (Lipinski definition) is 0. The molecule has 2 atom stereocenters. The zero-order valence-electron chi connectivity index (χ0n) is 14.8. The molecular weight excluding hydrogens is 308 g/mol. The summed E-state index contributed by atoms with van der Waals surface area (Å²) in [6.45, 7) is 9.43. The first-order valence-corrected chi connectivity index (χ1v) is 8.38. The van der Waals surface area contributed by atoms with E-state index in [2.05, 4.69) is 0 Å². The highest BCUT2D eigenvalue weighted by Crippen LogP contribution is 2.28. The summed E-state index contributed by atoms with van der Waals surface area (Å²) in [6, 6.07) is 5.78. The fourth-order valence-electron chi connectivity index (χ4n) is 2.26. The minimum absolute atomic E-state index is 0.0925. The van der Waals surface area contributed by atoms with Gasteiger partial charge in [-0.15, -0.1) is 0 Å². The van der Waals surface area contributed by atoms with Crippen molar-refractivity contribution in [1.82, 2.24) is 0 Å². The molecule has 1 aliphatic rings. The molecule has 1 aliphatic heterocycles. The average molecular weight is 334 g/mol. The summed E-state index contributed by atoms with van der Waals surface area (Å²) >= 11 is 0. The lowest BCUT2D eigenvalue weighted by Gasteiger charge is -2.18. The van der Waals surface area contributed by atoms with Gasteiger partial charge in [-0.05, 0) is 57.0 Å². The summed E-state index contributed by atoms with van der Waals surface area (Å²) in [5.41, 5.74) is 1.87. The van der Waals surface area contributed by atoms with Gasteiger partial charge in [0, 0.05) is 6.08 Å². The van der Waals surface area contributed by atoms with Crippen molar-refractivity contribution >= 4 is 12.0 Å². The van der Waals surface area contributed by atoms with Gasteiger partial charge in [0.25, 0.3) is 0 Å². The molecule has 1 fully saturated rings. The van der Waals surface area contributed by atoms with E-state index in [0.29, 0.717) is 13.2 Å². The predicted molar refractivity (Wildman–Crippen MR) is 92.0 cm³/mol. The normalized spacial score (nSPS) is 18.0. The first kappa shape index (κ1) is 18.5. The van der Waals surface area contributed by atoms with E-state index in [-0.39, 0.29) is 24.3 Å². The second kappa shape index (κ2) is 8.85. The van der Waals surface area contributed by atoms with Crippen LogP contribution in [0.15, 0.2) is 24.3 Å². The van der Waals surface area contributed by atoms with E-state index in [1.165, 1.54) is 6.08 Å². The molecule has 24 heavy (non-hydrogen) atoms. The van der Waals surface area contributed by atoms with Gasteiger partial charge in [0.2, 0.25) is 0 Å². The van der Waals surface area contributed by atoms with Crippen molar-refractivity contribution in [3.05, 3.63) is 35.4 Å². The van der Waals surface area contributed by atoms with Crippen LogP contribution in [0.2, 0.25) is 0 Å². The van der Waals surface area contributed by atoms with Crippen molar-refractivity contribution in [1.29, 1.82) is 0 Å². The van der Waals surface area contributed by atoms with Gasteiger partial charge < -0.3 is 18.9 Å². The lowest BCUT2D eigenvalue weighted by molar-refractivity contribution is -0.137. The Morgan fingerprint density at radius 2 is 2.12 bits per heavy atom. The molecule has 0 aliphatic carbocycles. The van der Waals surface area contributed by atoms with E-state index < -0.39 is 0 Å². The molecule has 2 rings (SSSR count). The molecular formula is C19H26O5. The smallest absolute Gasteiger partial charge is 0.330 e. The van der Waals surface area contributed by atoms with Crippen LogP contribution in [0.4, 0.5) is 0 Å². The molecule has 0 radical (unpaired) electrons. The maximum absolute atomic E-state index is 11.6. The third-order valence-corrected chi connectivity index (χ3v) is 3.49. The topological polar surface area (TPSA) is 57.3 Å². The summed E-state index contributed by atoms with van der Waals surface area (Å²) in [6.07, 6.45) is 3.35. The molecule has 1 aromatic rings. The fourth-order valence-corrected chi connectivity index (χ4v) is 2.26. The van der Waals surface area contributed by atoms with E-state index >= 15 is 0 Å². The molecule has 0 spiro atoms. The first-order chi connectivity index (χ1) is 11.5. The molecule has 0 aromatic heterocycles. The average Bonchev–Trinajstić information content (AvgIpc) is 3.35. The lowest BCUT2D eigenvalue weighted by atomic mass is 10.0. The Morgan fingerprint density at radius 3 is 2.75 bits per heavy atom. The second-order valence-corrected chi connectivity index (χ2v) is 5.97. The monoisotopic (exact) mass is 334 g/mol. The maximum Gasteiger partial charge on any atom is 0.330 e. The van der Waals surface area contributed by atoms with Crippen LogP contribution >= 0.6 is 0 Å². The Kier molecular flexibility index (Phi) is 6.82. The first-order valence-electron chi connectivity index (χ1n) is 8.38. The van der Waals surface area contributed by atoms with Crippen LogP contribution in [-0.2, 0) is 19.0 Å². The van der Waals surface area contributed by atoms with E-state index in [9.17, 15) is 4.79 Å². The molecule has 5 nitrogen and oxygen atoms in total. The van der Waals surface area contributed by atoms with E-state index in [1.54, 1.807) is 13.0 Å². The minimum Gasteiger partial charge on any atom is -0.491 e. The molecule has 0 bridgehead atoms. The predicted octanol–water partition coefficient (Wildman–Crippen LogP) is 3.53. The molecule has 5 heteroatoms. The SMILES string of the molecule is CCOC(=O)C=Cc1ccc(OC(C)C)cc1[C@@H](C)OC[C@H]1CO1. The number of benzene rings is 1. The summed E-state index contributed by atoms with van der Waals surface area (Å²) in [7, 11) is 0. The Balaban J connectivity index is 2.17. The fraction of sp³-hybridized carbons (Fsp3) is 0.526. The van der Waals surface area contributed by atoms with Gasteiger partial charge in [-0.25, -0.2) is 4.79 Å². The van der Waals surface area contributed by atoms with Crippen molar-refractivity contribution in [2.75, 3.05) is 19.8 Å². The molecule has 1 saturated heterocycles. The lowest BCUT2D eigenvalue weighted by Crippen LogP contribution is -2.09. The summed E-state index contributed by atoms with van der Waals surface area (Å²) in [5, 5.41) is 0. The molecule has 0 amide bonds. The van der Waals surface area contributed by atoms with E-state index in [1.807, 2.05) is 39.0 Å². The van der Waals surface area contributed by atoms with Gasteiger partial charge in [-0.1, -0.05) is 6.07 Å². The van der Waals surface area contributed by atoms with Gasteiger partial charge in [-0.2, -0.15) is 0 Å². The van der Waals surface area contributed by atoms with Crippen LogP contribution in [0.25, 0.3) is 6.08 Å². The maximum atomic E-state index is 11.6. The van der Waals surface area contributed by atoms with Crippen LogP contribution in [0, 0.1) is 0 Å². The van der Waals surface area contributed by atoms with Crippen LogP contribution in [-0.4, -0.2) is 38.0 Å². The number of rotatable bonds is 9. The number of ether oxygens (including phenoxy) is 4. The molecule has 1 aromatic carbocycles. The quantitative estimate of drug-likeness (QED) is 0.393. The number of carbonyl (C=O) groups excluding carboxylic acids is 1. The van der Waals surface area contributed by atoms with Crippen LogP contribution in [0.5, 0.6) is 5.75 Å². The standard InChI is InChI=1S/C19H26O5/c1-5-21-19(20)9-7-15-6-8-16(24-13(2)3)10-18(15)14(4)22-11-17-12-23-17/h6-10,13-14,17H,5,11-12H2,1-4H3/t14-,17+/m1/s1. The minimum atomic E-state index is -0.356. The summed E-state index contributed by atoms with van der Waals surface area (Å²) in [5.74, 6) is 0.428. The van der Waals surface area contributed by atoms with Crippen LogP contribution in [0.3, 0.4) is 0 Å². The number of esters is 1. The van der Waals surface area contributed by atoms with Crippen LogP contribution < -0.4 is 4.74 Å². The molecule has 0 N–H and O–H groups in total. The van der Waals surface area contributed by atoms with E-state index in [0.717, 1.165) is 23.5 Å². The Hall–Kier alpha value is -1.85. The number of carbonyl (C=O) groups is 1. The Labute approximate surface area is 143 Å². The summed E-state index contributed by atoms with van der Waals surface area (Å²) < 4.78 is 21.8. The van der Waals surface area contributed by atoms with Crippen molar-refractivity contribution < 1.29 is 23.7 Å². The second-order valence-electron chi connectivity index (χ2n) is 5.97. The molecule has 0 unspecified atom stereocenters. The van der Waals surface area contributed by atoms with Gasteiger partial charge in [-0.3, -0.25) is 0 Å². The van der Waals surface area contributed by atoms with Gasteiger partial charge >= 0.3 is 5.97 Å². The summed E-state index contributed by atoms with van der Waals surface area (Å²) in [4.78, 5) is 11.6. The highest BCUT2D eigenvalue weighted by atomic mass is 16.6. The zero-order chi connectivity index (χ0) is 17.5. The van der Waals surface area contributed by atoms with Crippen molar-refractivity contribution in [2.24, 2.45) is 0 Å². The highest BCUT2D eigenvalue weighted by Gasteiger charge is 2.24. The third kappa shape index (κ3) is 5.98. The molecule has 132 valence electrons. The van der Waals surface area contributed by atoms with Gasteiger partial charge in [0.1, 0.15) is 11.9 Å². The van der Waals surface area contributed by atoms with Crippen molar-refractivity contribution in [3.8, 4) is 5.75 Å². The third-order valence-electron chi connectivity index (χ3n) is 3.49. The Bertz CT molecular complexity index is 575. The Morgan fingerprint density at radius 1 is 1.38 bits per heavy atom. The zero-order valence-corrected chi connectivity index (χ0v) is 14.8. The number of epoxide rings is 1. The van der Waals surface area contributed by atoms with Crippen LogP contribution in [0.1, 0.15) is 44.9 Å². The van der Waals surface area contributed by atoms with Gasteiger partial charge in [0.15, 0.2) is 0 Å². The van der Waals surface area contributed by atoms with E-state index in [4.69, 9.17) is 18.9 Å². The number of hydrogen-bond acceptors (Lipinski definition) is 5.